The van der Waals surface area contributed by atoms with Crippen molar-refractivity contribution in [2.24, 2.45) is 0 Å². The zero-order valence-corrected chi connectivity index (χ0v) is 8.41. The van der Waals surface area contributed by atoms with Crippen LogP contribution >= 0.6 is 0 Å². The topological polar surface area (TPSA) is 9.23 Å². The molecule has 0 aromatic carbocycles. The first kappa shape index (κ1) is 6.51. The van der Waals surface area contributed by atoms with Crippen molar-refractivity contribution in [3.8, 4) is 0 Å². The molecule has 0 fully saturated rings. The highest BCUT2D eigenvalue weighted by Crippen LogP contribution is 2.03. The molecular weight excluding hydrogens is 132 g/mol. The molecule has 8 heavy (non-hydrogen) atoms. The van der Waals surface area contributed by atoms with Gasteiger partial charge in [0, 0.05) is 1.23 Å². The maximum Gasteiger partial charge on any atom is 0.170 e. The fourth-order valence-electron chi connectivity index (χ4n) is 0.612. The maximum absolute atomic E-state index is 7.54. The van der Waals surface area contributed by atoms with Gasteiger partial charge in [0.1, 0.15) is 0 Å². The van der Waals surface area contributed by atoms with Crippen LogP contribution in [-0.2, 0) is 4.12 Å². The van der Waals surface area contributed by atoms with Crippen molar-refractivity contribution in [3.05, 3.63) is 0 Å². The molecule has 0 heterocycles. The van der Waals surface area contributed by atoms with E-state index in [0.29, 0.717) is 0 Å². The van der Waals surface area contributed by atoms with Crippen LogP contribution in [0.5, 0.6) is 0 Å². The van der Waals surface area contributed by atoms with Crippen molar-refractivity contribution in [3.63, 3.8) is 0 Å². The van der Waals surface area contributed by atoms with Crippen LogP contribution in [-0.4, -0.2) is 18.5 Å². The summed E-state index contributed by atoms with van der Waals surface area (Å²) in [6.45, 7) is 10.2. The van der Waals surface area contributed by atoms with Gasteiger partial charge >= 0.3 is 0 Å². The Morgan fingerprint density at radius 3 is 1.75 bits per heavy atom. The van der Waals surface area contributed by atoms with Crippen molar-refractivity contribution in [1.29, 1.82) is 1.23 Å². The van der Waals surface area contributed by atoms with Crippen LogP contribution in [0.4, 0.5) is 0 Å². The Hall–Kier alpha value is 0.394. The van der Waals surface area contributed by atoms with Crippen molar-refractivity contribution in [2.45, 2.75) is 32.7 Å². The van der Waals surface area contributed by atoms with Crippen LogP contribution in [0, 0.1) is 0 Å². The van der Waals surface area contributed by atoms with E-state index in [-0.39, 0.29) is 0 Å². The molecule has 1 nitrogen and oxygen atoms in total. The predicted molar refractivity (Wildman–Crippen MR) is 43.3 cm³/mol. The smallest absolute Gasteiger partial charge is 0.170 e. The molecule has 0 aliphatic heterocycles. The van der Waals surface area contributed by atoms with Gasteiger partial charge in [-0.1, -0.05) is 0 Å². The molecule has 50 valence electrons. The van der Waals surface area contributed by atoms with Gasteiger partial charge in [0.15, 0.2) is 17.3 Å². The van der Waals surface area contributed by atoms with Gasteiger partial charge in [0.25, 0.3) is 0 Å². The van der Waals surface area contributed by atoms with Gasteiger partial charge in [-0.3, -0.25) is 0 Å². The summed E-state index contributed by atoms with van der Waals surface area (Å²) in [5.74, 6) is 0. The molecule has 0 spiro atoms. The fourth-order valence-corrected chi connectivity index (χ4v) is 5.51. The monoisotopic (exact) mass is 150 g/mol. The molecule has 0 bridgehead atoms. The Balaban J connectivity index is 3.75. The largest absolute Gasteiger partial charge is 0.458 e. The van der Waals surface area contributed by atoms with Crippen LogP contribution < -0.4 is 0 Å². The van der Waals surface area contributed by atoms with Crippen LogP contribution in [0.2, 0.25) is 32.7 Å². The maximum atomic E-state index is 7.54. The highest BCUT2D eigenvalue weighted by molar-refractivity contribution is 6.76. The normalized spacial score (nSPS) is 15.9. The minimum Gasteiger partial charge on any atom is -0.458 e. The van der Waals surface area contributed by atoms with Crippen molar-refractivity contribution >= 4 is 17.3 Å². The average Bonchev–Trinajstić information content (AvgIpc) is 1.14. The molecule has 0 atom stereocenters. The summed E-state index contributed by atoms with van der Waals surface area (Å²) >= 11 is 0. The van der Waals surface area contributed by atoms with E-state index in [1.165, 1.54) is 0 Å². The van der Waals surface area contributed by atoms with Crippen LogP contribution in [0.15, 0.2) is 0 Å². The first-order chi connectivity index (χ1) is 3.71. The lowest BCUT2D eigenvalue weighted by molar-refractivity contribution is 0.583. The Morgan fingerprint density at radius 1 is 1.38 bits per heavy atom. The van der Waals surface area contributed by atoms with Crippen LogP contribution in [0.3, 0.4) is 0 Å². The highest BCUT2D eigenvalue weighted by Gasteiger charge is 2.14. The van der Waals surface area contributed by atoms with Crippen molar-refractivity contribution in [1.82, 2.24) is 0 Å². The summed E-state index contributed by atoms with van der Waals surface area (Å²) in [5.41, 5.74) is 0. The Labute approximate surface area is 56.1 Å². The molecule has 0 radical (unpaired) electrons. The van der Waals surface area contributed by atoms with E-state index in [1.54, 1.807) is 0 Å². The van der Waals surface area contributed by atoms with E-state index in [4.69, 9.17) is 5.35 Å². The molecule has 0 aliphatic rings. The Morgan fingerprint density at radius 2 is 1.75 bits per heavy atom. The quantitative estimate of drug-likeness (QED) is 0.546. The van der Waals surface area contributed by atoms with Crippen molar-refractivity contribution in [2.75, 3.05) is 0 Å². The minimum atomic E-state index is -1.98. The molecule has 3 heteroatoms. The van der Waals surface area contributed by atoms with Gasteiger partial charge in [-0.2, -0.15) is 0 Å². The third-order valence-electron chi connectivity index (χ3n) is 0.510. The lowest BCUT2D eigenvalue weighted by atomic mass is 11.8. The molecule has 0 rings (SSSR count). The van der Waals surface area contributed by atoms with E-state index in [1.807, 2.05) is 13.1 Å². The lowest BCUT2D eigenvalue weighted by Crippen LogP contribution is -2.31. The number of hydrogen-bond acceptors (Lipinski definition) is 1. The van der Waals surface area contributed by atoms with Gasteiger partial charge < -0.3 is 4.12 Å². The van der Waals surface area contributed by atoms with Crippen LogP contribution in [0.1, 0.15) is 0 Å². The van der Waals surface area contributed by atoms with Gasteiger partial charge in [-0.15, -0.1) is 0 Å². The summed E-state index contributed by atoms with van der Waals surface area (Å²) in [6, 6.07) is 0. The number of rotatable bonds is 2. The highest BCUT2D eigenvalue weighted by atomic mass is 28.4. The molecule has 0 N–H and O–H groups in total. The summed E-state index contributed by atoms with van der Waals surface area (Å²) in [5, 5.41) is 0. The molecule has 0 aromatic heterocycles. The zero-order chi connectivity index (χ0) is 7.71. The third-order valence-corrected chi connectivity index (χ3v) is 4.59. The van der Waals surface area contributed by atoms with Gasteiger partial charge in [0.2, 0.25) is 0 Å². The van der Waals surface area contributed by atoms with Gasteiger partial charge in [-0.05, 0) is 32.7 Å². The van der Waals surface area contributed by atoms with Crippen LogP contribution in [0.25, 0.3) is 0 Å². The second-order valence-electron chi connectivity index (χ2n) is 3.12. The summed E-state index contributed by atoms with van der Waals surface area (Å²) in [4.78, 5) is 0. The fraction of sp³-hybridized carbons (Fsp3) is 1.00. The first-order valence-corrected chi connectivity index (χ1v) is 8.72. The molecule has 0 unspecified atom stereocenters. The Kier molecular flexibility index (Phi) is 2.28. The molecule has 0 aliphatic carbocycles. The third kappa shape index (κ3) is 6.39. The second kappa shape index (κ2) is 2.80. The van der Waals surface area contributed by atoms with E-state index < -0.39 is 17.3 Å². The van der Waals surface area contributed by atoms with E-state index in [0.717, 1.165) is 0 Å². The van der Waals surface area contributed by atoms with E-state index >= 15 is 0 Å². The van der Waals surface area contributed by atoms with Gasteiger partial charge in [0.05, 0.1) is 0 Å². The molecule has 0 saturated carbocycles. The molecule has 0 amide bonds. The number of hydrogen-bond donors (Lipinski definition) is 0. The molecular formula is C5H16OSi2. The van der Waals surface area contributed by atoms with E-state index in [9.17, 15) is 0 Å². The van der Waals surface area contributed by atoms with E-state index in [2.05, 4.69) is 19.6 Å². The van der Waals surface area contributed by atoms with Crippen molar-refractivity contribution < 1.29 is 4.12 Å². The summed E-state index contributed by atoms with van der Waals surface area (Å²) in [6.07, 6.45) is 0. The molecule has 0 saturated heterocycles. The summed E-state index contributed by atoms with van der Waals surface area (Å²) < 4.78 is 13.1. The molecule has 0 aromatic rings. The second-order valence-corrected chi connectivity index (χ2v) is 9.98. The lowest BCUT2D eigenvalue weighted by Gasteiger charge is -2.19. The Bertz CT molecular complexity index is 80.1. The predicted octanol–water partition coefficient (Wildman–Crippen LogP) is 1.82. The zero-order valence-electron chi connectivity index (χ0n) is 7.41. The standard InChI is InChI=1S/C5H16OSi2/c1-7(2)6-8(3,4)5/h7H,1-5H3/i7T. The first-order valence-electron chi connectivity index (χ1n) is 3.41. The SMILES string of the molecule is [3H][Si](C)(C)O[Si](C)(C)C. The average molecular weight is 150 g/mol. The van der Waals surface area contributed by atoms with Gasteiger partial charge in [-0.25, -0.2) is 0 Å². The summed E-state index contributed by atoms with van der Waals surface area (Å²) in [7, 11) is -3.40. The minimum absolute atomic E-state index is 1.42.